The first-order chi connectivity index (χ1) is 10.3. The fourth-order valence-electron chi connectivity index (χ4n) is 2.04. The highest BCUT2D eigenvalue weighted by molar-refractivity contribution is 6.28. The Bertz CT molecular complexity index is 720. The van der Waals surface area contributed by atoms with Crippen molar-refractivity contribution in [2.75, 3.05) is 0 Å². The molecule has 0 saturated heterocycles. The quantitative estimate of drug-likeness (QED) is 0.720. The van der Waals surface area contributed by atoms with Crippen molar-refractivity contribution in [2.24, 2.45) is 0 Å². The summed E-state index contributed by atoms with van der Waals surface area (Å²) in [6.45, 7) is 3.04. The Morgan fingerprint density at radius 1 is 1.14 bits per heavy atom. The van der Waals surface area contributed by atoms with E-state index in [9.17, 15) is 0 Å². The number of hydrogen-bond acceptors (Lipinski definition) is 5. The van der Waals surface area contributed by atoms with E-state index in [0.29, 0.717) is 18.2 Å². The molecule has 0 saturated carbocycles. The summed E-state index contributed by atoms with van der Waals surface area (Å²) in [6, 6.07) is 1.80. The molecule has 0 bridgehead atoms. The maximum absolute atomic E-state index is 5.98. The Morgan fingerprint density at radius 3 is 2.81 bits per heavy atom. The molecule has 0 radical (unpaired) electrons. The van der Waals surface area contributed by atoms with Gasteiger partial charge >= 0.3 is 0 Å². The Morgan fingerprint density at radius 2 is 2.05 bits per heavy atom. The average Bonchev–Trinajstić information content (AvgIpc) is 3.11. The normalized spacial score (nSPS) is 11.0. The third-order valence-corrected chi connectivity index (χ3v) is 3.10. The van der Waals surface area contributed by atoms with Gasteiger partial charge in [-0.15, -0.1) is 0 Å². The lowest BCUT2D eigenvalue weighted by Gasteiger charge is -2.06. The molecule has 0 aromatic carbocycles. The van der Waals surface area contributed by atoms with Gasteiger partial charge in [0.1, 0.15) is 11.6 Å². The minimum Gasteiger partial charge on any atom is -0.335 e. The lowest BCUT2D eigenvalue weighted by atomic mass is 10.3. The van der Waals surface area contributed by atoms with Gasteiger partial charge in [-0.05, 0) is 24.1 Å². The third kappa shape index (κ3) is 3.08. The van der Waals surface area contributed by atoms with Crippen LogP contribution < -0.4 is 0 Å². The van der Waals surface area contributed by atoms with E-state index in [1.54, 1.807) is 29.3 Å². The van der Waals surface area contributed by atoms with E-state index in [1.165, 1.54) is 0 Å². The van der Waals surface area contributed by atoms with Gasteiger partial charge in [-0.25, -0.2) is 14.6 Å². The number of hydrogen-bond donors (Lipinski definition) is 0. The Kier molecular flexibility index (Phi) is 3.92. The average molecular weight is 304 g/mol. The minimum absolute atomic E-state index is 0.152. The molecule has 0 N–H and O–H groups in total. The highest BCUT2D eigenvalue weighted by Gasteiger charge is 2.10. The van der Waals surface area contributed by atoms with Gasteiger partial charge in [0.2, 0.25) is 5.28 Å². The Balaban J connectivity index is 1.90. The summed E-state index contributed by atoms with van der Waals surface area (Å²) in [7, 11) is 0. The summed E-state index contributed by atoms with van der Waals surface area (Å²) in [6.07, 6.45) is 8.69. The molecule has 8 heteroatoms. The van der Waals surface area contributed by atoms with E-state index in [2.05, 4.69) is 36.5 Å². The predicted molar refractivity (Wildman–Crippen MR) is 77.3 cm³/mol. The Labute approximate surface area is 126 Å². The van der Waals surface area contributed by atoms with Crippen LogP contribution in [0, 0.1) is 0 Å². The molecule has 3 aromatic heterocycles. The lowest BCUT2D eigenvalue weighted by Crippen LogP contribution is -2.10. The molecule has 0 fully saturated rings. The van der Waals surface area contributed by atoms with Crippen LogP contribution in [-0.2, 0) is 13.0 Å². The first-order valence-corrected chi connectivity index (χ1v) is 7.04. The highest BCUT2D eigenvalue weighted by atomic mass is 35.5. The zero-order chi connectivity index (χ0) is 14.7. The van der Waals surface area contributed by atoms with Crippen molar-refractivity contribution in [3.05, 3.63) is 47.8 Å². The summed E-state index contributed by atoms with van der Waals surface area (Å²) < 4.78 is 3.64. The van der Waals surface area contributed by atoms with E-state index >= 15 is 0 Å². The smallest absolute Gasteiger partial charge is 0.255 e. The van der Waals surface area contributed by atoms with Crippen molar-refractivity contribution in [3.63, 3.8) is 0 Å². The van der Waals surface area contributed by atoms with Gasteiger partial charge in [-0.1, -0.05) is 6.92 Å². The topological polar surface area (TPSA) is 74.3 Å². The minimum atomic E-state index is 0.152. The van der Waals surface area contributed by atoms with Crippen molar-refractivity contribution >= 4 is 11.6 Å². The van der Waals surface area contributed by atoms with Crippen molar-refractivity contribution in [1.29, 1.82) is 0 Å². The monoisotopic (exact) mass is 303 g/mol. The number of aromatic nitrogens is 7. The molecule has 3 rings (SSSR count). The van der Waals surface area contributed by atoms with Crippen molar-refractivity contribution in [3.8, 4) is 5.95 Å². The van der Waals surface area contributed by atoms with Gasteiger partial charge in [-0.3, -0.25) is 0 Å². The second kappa shape index (κ2) is 6.01. The van der Waals surface area contributed by atoms with Gasteiger partial charge in [0.05, 0.1) is 6.42 Å². The SMILES string of the molecule is CCCn1ccnc1Cc1nc(Cl)nc(-n2cccn2)n1. The van der Waals surface area contributed by atoms with Crippen LogP contribution in [0.25, 0.3) is 5.95 Å². The molecular weight excluding hydrogens is 290 g/mol. The van der Waals surface area contributed by atoms with Crippen LogP contribution in [0.5, 0.6) is 0 Å². The third-order valence-electron chi connectivity index (χ3n) is 2.93. The van der Waals surface area contributed by atoms with Crippen molar-refractivity contribution < 1.29 is 0 Å². The molecule has 3 aromatic rings. The second-order valence-electron chi connectivity index (χ2n) is 4.48. The van der Waals surface area contributed by atoms with Crippen molar-refractivity contribution in [1.82, 2.24) is 34.3 Å². The van der Waals surface area contributed by atoms with E-state index in [4.69, 9.17) is 11.6 Å². The van der Waals surface area contributed by atoms with Gasteiger partial charge < -0.3 is 4.57 Å². The second-order valence-corrected chi connectivity index (χ2v) is 4.82. The molecule has 7 nitrogen and oxygen atoms in total. The zero-order valence-electron chi connectivity index (χ0n) is 11.5. The summed E-state index contributed by atoms with van der Waals surface area (Å²) in [5.74, 6) is 1.89. The first-order valence-electron chi connectivity index (χ1n) is 6.66. The summed E-state index contributed by atoms with van der Waals surface area (Å²) in [4.78, 5) is 17.0. The van der Waals surface area contributed by atoms with E-state index in [-0.39, 0.29) is 5.28 Å². The van der Waals surface area contributed by atoms with Gasteiger partial charge in [0.15, 0.2) is 0 Å². The number of imidazole rings is 1. The van der Waals surface area contributed by atoms with Crippen LogP contribution in [0.1, 0.15) is 25.0 Å². The molecule has 0 atom stereocenters. The zero-order valence-corrected chi connectivity index (χ0v) is 12.3. The maximum Gasteiger partial charge on any atom is 0.255 e. The standard InChI is InChI=1S/C13H14ClN7/c1-2-6-20-8-5-15-11(20)9-10-17-12(14)19-13(18-10)21-7-3-4-16-21/h3-5,7-8H,2,6,9H2,1H3. The molecule has 0 aliphatic rings. The van der Waals surface area contributed by atoms with Gasteiger partial charge in [0.25, 0.3) is 5.95 Å². The van der Waals surface area contributed by atoms with Crippen LogP contribution in [0.15, 0.2) is 30.9 Å². The van der Waals surface area contributed by atoms with Crippen LogP contribution in [0.4, 0.5) is 0 Å². The molecule has 0 aliphatic carbocycles. The fourth-order valence-corrected chi connectivity index (χ4v) is 2.21. The molecule has 108 valence electrons. The summed E-state index contributed by atoms with van der Waals surface area (Å²) in [5.41, 5.74) is 0. The van der Waals surface area contributed by atoms with E-state index in [0.717, 1.165) is 18.8 Å². The lowest BCUT2D eigenvalue weighted by molar-refractivity contribution is 0.639. The number of aryl methyl sites for hydroxylation is 1. The van der Waals surface area contributed by atoms with Crippen LogP contribution in [0.2, 0.25) is 5.28 Å². The molecule has 0 spiro atoms. The fraction of sp³-hybridized carbons (Fsp3) is 0.308. The molecular formula is C13H14ClN7. The summed E-state index contributed by atoms with van der Waals surface area (Å²) >= 11 is 5.98. The first kappa shape index (κ1) is 13.7. The number of halogens is 1. The van der Waals surface area contributed by atoms with E-state index in [1.807, 2.05) is 6.20 Å². The number of rotatable bonds is 5. The highest BCUT2D eigenvalue weighted by Crippen LogP contribution is 2.10. The van der Waals surface area contributed by atoms with Crippen LogP contribution >= 0.6 is 11.6 Å². The van der Waals surface area contributed by atoms with Crippen LogP contribution in [-0.4, -0.2) is 34.3 Å². The molecule has 3 heterocycles. The van der Waals surface area contributed by atoms with Gasteiger partial charge in [-0.2, -0.15) is 15.1 Å². The van der Waals surface area contributed by atoms with Crippen LogP contribution in [0.3, 0.4) is 0 Å². The number of nitrogens with zero attached hydrogens (tertiary/aromatic N) is 7. The molecule has 0 amide bonds. The predicted octanol–water partition coefficient (Wildman–Crippen LogP) is 1.91. The molecule has 0 aliphatic heterocycles. The van der Waals surface area contributed by atoms with E-state index < -0.39 is 0 Å². The maximum atomic E-state index is 5.98. The molecule has 0 unspecified atom stereocenters. The van der Waals surface area contributed by atoms with Gasteiger partial charge in [0, 0.05) is 31.3 Å². The van der Waals surface area contributed by atoms with Crippen molar-refractivity contribution in [2.45, 2.75) is 26.3 Å². The largest absolute Gasteiger partial charge is 0.335 e. The Hall–Kier alpha value is -2.28. The molecule has 21 heavy (non-hydrogen) atoms. The summed E-state index contributed by atoms with van der Waals surface area (Å²) in [5, 5.41) is 4.25.